The lowest BCUT2D eigenvalue weighted by Crippen LogP contribution is -2.48. The summed E-state index contributed by atoms with van der Waals surface area (Å²) in [7, 11) is 0. The van der Waals surface area contributed by atoms with E-state index in [1.807, 2.05) is 0 Å². The van der Waals surface area contributed by atoms with Crippen molar-refractivity contribution < 1.29 is 52.4 Å². The fourth-order valence-electron chi connectivity index (χ4n) is 2.77. The highest BCUT2D eigenvalue weighted by molar-refractivity contribution is 5.82. The molecule has 13 nitrogen and oxygen atoms in total. The minimum Gasteiger partial charge on any atom is -0.460 e. The summed E-state index contributed by atoms with van der Waals surface area (Å²) in [5.41, 5.74) is -1.55. The Morgan fingerprint density at radius 1 is 0.692 bits per heavy atom. The van der Waals surface area contributed by atoms with Crippen LogP contribution in [0.5, 0.6) is 0 Å². The quantitative estimate of drug-likeness (QED) is 0.262. The molecule has 0 unspecified atom stereocenters. The number of esters is 2. The molecule has 0 bridgehead atoms. The first-order chi connectivity index (χ1) is 17.8. The predicted octanol–water partition coefficient (Wildman–Crippen LogP) is 3.87. The first kappa shape index (κ1) is 35.8. The zero-order chi connectivity index (χ0) is 30.6. The van der Waals surface area contributed by atoms with Gasteiger partial charge >= 0.3 is 30.3 Å². The van der Waals surface area contributed by atoms with Crippen LogP contribution in [0.1, 0.15) is 76.2 Å². The lowest BCUT2D eigenvalue weighted by atomic mass is 10.1. The van der Waals surface area contributed by atoms with E-state index in [0.29, 0.717) is 0 Å². The maximum atomic E-state index is 12.7. The molecule has 0 spiro atoms. The molecule has 0 saturated heterocycles. The van der Waals surface area contributed by atoms with E-state index < -0.39 is 72.9 Å². The van der Waals surface area contributed by atoms with Crippen molar-refractivity contribution in [2.75, 3.05) is 13.2 Å². The van der Waals surface area contributed by atoms with Gasteiger partial charge in [-0.1, -0.05) is 27.7 Å². The molecule has 0 heterocycles. The maximum absolute atomic E-state index is 12.7. The van der Waals surface area contributed by atoms with Crippen LogP contribution in [0.3, 0.4) is 0 Å². The van der Waals surface area contributed by atoms with Crippen LogP contribution in [-0.2, 0) is 38.0 Å². The second-order valence-corrected chi connectivity index (χ2v) is 11.3. The van der Waals surface area contributed by atoms with Crippen LogP contribution in [0.15, 0.2) is 0 Å². The number of hydrogen-bond acceptors (Lipinski definition) is 11. The van der Waals surface area contributed by atoms with Gasteiger partial charge in [-0.25, -0.2) is 24.0 Å². The molecule has 13 heteroatoms. The third kappa shape index (κ3) is 16.3. The molecule has 1 radical (unpaired) electrons. The van der Waals surface area contributed by atoms with Crippen molar-refractivity contribution in [3.05, 3.63) is 6.61 Å². The smallest absolute Gasteiger partial charge is 0.460 e. The van der Waals surface area contributed by atoms with Gasteiger partial charge in [-0.15, -0.1) is 0 Å². The van der Waals surface area contributed by atoms with Gasteiger partial charge < -0.3 is 39.1 Å². The summed E-state index contributed by atoms with van der Waals surface area (Å²) in [5, 5.41) is 4.92. The Hall–Kier alpha value is -3.25. The number of carbonyl (C=O) groups excluding carboxylic acids is 5. The van der Waals surface area contributed by atoms with Gasteiger partial charge in [-0.2, -0.15) is 0 Å². The molecule has 2 atom stereocenters. The largest absolute Gasteiger partial charge is 0.509 e. The molecule has 225 valence electrons. The Balaban J connectivity index is 5.37. The summed E-state index contributed by atoms with van der Waals surface area (Å²) in [6.45, 7) is 18.3. The van der Waals surface area contributed by atoms with Crippen LogP contribution in [0.25, 0.3) is 0 Å². The summed E-state index contributed by atoms with van der Waals surface area (Å²) in [5.74, 6) is -2.38. The zero-order valence-electron chi connectivity index (χ0n) is 24.9. The number of alkyl carbamates (subject to hydrolysis) is 2. The third-order valence-corrected chi connectivity index (χ3v) is 4.49. The summed E-state index contributed by atoms with van der Waals surface area (Å²) in [6.07, 6.45) is -3.98. The van der Waals surface area contributed by atoms with Crippen molar-refractivity contribution in [2.24, 2.45) is 11.8 Å². The second kappa shape index (κ2) is 16.0. The summed E-state index contributed by atoms with van der Waals surface area (Å²) in [4.78, 5) is 61.7. The highest BCUT2D eigenvalue weighted by atomic mass is 16.7. The van der Waals surface area contributed by atoms with Gasteiger partial charge in [0.1, 0.15) is 43.1 Å². The van der Waals surface area contributed by atoms with Gasteiger partial charge in [0.05, 0.1) is 0 Å². The first-order valence-corrected chi connectivity index (χ1v) is 12.7. The lowest BCUT2D eigenvalue weighted by Gasteiger charge is -2.26. The van der Waals surface area contributed by atoms with Crippen molar-refractivity contribution in [2.45, 2.75) is 106 Å². The van der Waals surface area contributed by atoms with Gasteiger partial charge in [0.25, 0.3) is 0 Å². The lowest BCUT2D eigenvalue weighted by molar-refractivity contribution is -0.157. The van der Waals surface area contributed by atoms with E-state index >= 15 is 0 Å². The molecular weight excluding hydrogens is 516 g/mol. The molecule has 0 rings (SSSR count). The van der Waals surface area contributed by atoms with E-state index in [-0.39, 0.29) is 11.8 Å². The average Bonchev–Trinajstić information content (AvgIpc) is 2.74. The number of rotatable bonds is 12. The highest BCUT2D eigenvalue weighted by Crippen LogP contribution is 2.12. The average molecular weight is 562 g/mol. The fourth-order valence-corrected chi connectivity index (χ4v) is 2.77. The second-order valence-electron chi connectivity index (χ2n) is 11.3. The first-order valence-electron chi connectivity index (χ1n) is 12.7. The molecule has 0 aromatic rings. The van der Waals surface area contributed by atoms with Crippen LogP contribution >= 0.6 is 0 Å². The van der Waals surface area contributed by atoms with E-state index in [0.717, 1.165) is 6.61 Å². The van der Waals surface area contributed by atoms with E-state index in [1.165, 1.54) is 6.92 Å². The number of hydrogen-bond donors (Lipinski definition) is 2. The van der Waals surface area contributed by atoms with Crippen molar-refractivity contribution in [3.63, 3.8) is 0 Å². The minimum atomic E-state index is -1.26. The Morgan fingerprint density at radius 2 is 1.05 bits per heavy atom. The van der Waals surface area contributed by atoms with E-state index in [9.17, 15) is 24.0 Å². The molecule has 0 fully saturated rings. The SMILES string of the molecule is C[CH]OC(=O)OC(COC(=O)[C@@H](NC(=O)OC(C)(C)C)C(C)C)COC(=O)[C@@H](NC(=O)OC(C)(C)C)C(C)C. The molecule has 0 saturated carbocycles. The molecule has 0 aliphatic rings. The number of carbonyl (C=O) groups is 5. The molecule has 2 amide bonds. The van der Waals surface area contributed by atoms with Crippen LogP contribution in [0.2, 0.25) is 0 Å². The zero-order valence-corrected chi connectivity index (χ0v) is 24.9. The summed E-state index contributed by atoms with van der Waals surface area (Å²) in [6, 6.07) is -2.13. The van der Waals surface area contributed by atoms with E-state index in [4.69, 9.17) is 23.7 Å². The van der Waals surface area contributed by atoms with Crippen LogP contribution in [0, 0.1) is 18.4 Å². The Kier molecular flexibility index (Phi) is 14.7. The maximum Gasteiger partial charge on any atom is 0.509 e. The Bertz CT molecular complexity index is 771. The van der Waals surface area contributed by atoms with Crippen LogP contribution in [0.4, 0.5) is 14.4 Å². The van der Waals surface area contributed by atoms with Crippen molar-refractivity contribution in [3.8, 4) is 0 Å². The van der Waals surface area contributed by atoms with Gasteiger partial charge in [-0.05, 0) is 60.3 Å². The molecule has 0 aromatic heterocycles. The Morgan fingerprint density at radius 3 is 1.33 bits per heavy atom. The van der Waals surface area contributed by atoms with E-state index in [1.54, 1.807) is 69.2 Å². The van der Waals surface area contributed by atoms with Gasteiger partial charge in [0.15, 0.2) is 6.10 Å². The molecule has 0 aliphatic heterocycles. The molecule has 0 aliphatic carbocycles. The van der Waals surface area contributed by atoms with Crippen molar-refractivity contribution in [1.29, 1.82) is 0 Å². The summed E-state index contributed by atoms with van der Waals surface area (Å²) >= 11 is 0. The Labute approximate surface area is 230 Å². The van der Waals surface area contributed by atoms with Crippen LogP contribution < -0.4 is 10.6 Å². The number of nitrogens with one attached hydrogen (secondary N) is 2. The third-order valence-electron chi connectivity index (χ3n) is 4.49. The molecule has 0 aromatic carbocycles. The van der Waals surface area contributed by atoms with Gasteiger partial charge in [0, 0.05) is 0 Å². The van der Waals surface area contributed by atoms with Gasteiger partial charge in [-0.3, -0.25) is 0 Å². The number of ether oxygens (including phenoxy) is 6. The topological polar surface area (TPSA) is 165 Å². The highest BCUT2D eigenvalue weighted by Gasteiger charge is 2.32. The van der Waals surface area contributed by atoms with Crippen molar-refractivity contribution >= 4 is 30.3 Å². The fraction of sp³-hybridized carbons (Fsp3) is 0.769. The van der Waals surface area contributed by atoms with Crippen molar-refractivity contribution in [1.82, 2.24) is 10.6 Å². The summed E-state index contributed by atoms with van der Waals surface area (Å²) < 4.78 is 30.6. The molecule has 2 N–H and O–H groups in total. The normalized spacial score (nSPS) is 13.3. The minimum absolute atomic E-state index is 0.368. The van der Waals surface area contributed by atoms with Gasteiger partial charge in [0.2, 0.25) is 0 Å². The monoisotopic (exact) mass is 561 g/mol. The van der Waals surface area contributed by atoms with E-state index in [2.05, 4.69) is 15.4 Å². The molecule has 39 heavy (non-hydrogen) atoms. The number of amides is 2. The molecular formula is C26H45N2O11. The predicted molar refractivity (Wildman–Crippen MR) is 139 cm³/mol. The standard InChI is InChI=1S/C26H45N2O11/c1-12-34-24(33)37-17(13-35-20(29)18(15(2)3)27-22(31)38-25(6,7)8)14-36-21(30)19(16(4)5)28-23(32)39-26(9,10)11/h12,15-19H,13-14H2,1-11H3,(H,27,31)(H,28,32)/t18-,19-/m0/s1. The van der Waals surface area contributed by atoms with Crippen LogP contribution in [-0.4, -0.2) is 72.9 Å².